The second-order valence-electron chi connectivity index (χ2n) is 33.0. The Morgan fingerprint density at radius 2 is 0.431 bits per heavy atom. The van der Waals surface area contributed by atoms with Gasteiger partial charge in [-0.3, -0.25) is 0 Å². The molecule has 0 nitrogen and oxygen atoms in total. The molecule has 0 unspecified atom stereocenters. The van der Waals surface area contributed by atoms with E-state index < -0.39 is 8.07 Å². The highest BCUT2D eigenvalue weighted by atomic mass is 28.3. The van der Waals surface area contributed by atoms with Crippen molar-refractivity contribution in [3.05, 3.63) is 214 Å². The largest absolute Gasteiger partial charge is 0.179 e. The molecule has 0 spiro atoms. The zero-order valence-electron chi connectivity index (χ0n) is 65.9. The smallest absolute Gasteiger partial charge is 0.0654 e. The van der Waals surface area contributed by atoms with E-state index in [-0.39, 0.29) is 16.2 Å². The number of fused-ring (bicyclic) bond motifs is 9. The lowest BCUT2D eigenvalue weighted by molar-refractivity contribution is 0.397. The molecule has 544 valence electrons. The van der Waals surface area contributed by atoms with Crippen molar-refractivity contribution in [1.82, 2.24) is 0 Å². The monoisotopic (exact) mass is 1380 g/mol. The van der Waals surface area contributed by atoms with Crippen LogP contribution in [0.2, 0.25) is 0 Å². The number of unbranched alkanes of at least 4 members (excludes halogenated alkanes) is 30. The molecule has 0 amide bonds. The molecular formula is C101H136Si. The number of aryl methyl sites for hydroxylation is 2. The normalized spacial score (nSPS) is 14.2. The van der Waals surface area contributed by atoms with Gasteiger partial charge in [-0.2, -0.15) is 0 Å². The average molecular weight is 1380 g/mol. The van der Waals surface area contributed by atoms with Crippen molar-refractivity contribution < 1.29 is 0 Å². The van der Waals surface area contributed by atoms with Crippen molar-refractivity contribution in [2.24, 2.45) is 0 Å². The highest BCUT2D eigenvalue weighted by molar-refractivity contribution is 7.20. The number of hydrogen-bond donors (Lipinski definition) is 0. The second kappa shape index (κ2) is 38.3. The molecule has 0 radical (unpaired) electrons. The van der Waals surface area contributed by atoms with E-state index in [9.17, 15) is 0 Å². The molecular weight excluding hydrogens is 1240 g/mol. The zero-order chi connectivity index (χ0) is 71.0. The fourth-order valence-electron chi connectivity index (χ4n) is 20.1. The van der Waals surface area contributed by atoms with E-state index in [1.807, 2.05) is 0 Å². The molecule has 1 heteroatoms. The van der Waals surface area contributed by atoms with Gasteiger partial charge in [0.05, 0.1) is 0 Å². The lowest BCUT2D eigenvalue weighted by atomic mass is 9.69. The minimum atomic E-state index is -3.10. The Morgan fingerprint density at radius 1 is 0.206 bits per heavy atom. The molecule has 0 heterocycles. The highest BCUT2D eigenvalue weighted by Gasteiger charge is 2.50. The van der Waals surface area contributed by atoms with Crippen molar-refractivity contribution in [1.29, 1.82) is 0 Å². The van der Waals surface area contributed by atoms with Crippen LogP contribution in [0.15, 0.2) is 170 Å². The first-order valence-corrected chi connectivity index (χ1v) is 45.1. The van der Waals surface area contributed by atoms with Crippen LogP contribution in [0.3, 0.4) is 0 Å². The lowest BCUT2D eigenvalue weighted by Gasteiger charge is -2.38. The summed E-state index contributed by atoms with van der Waals surface area (Å²) in [7, 11) is -3.10. The molecule has 8 aromatic carbocycles. The number of benzene rings is 8. The Labute approximate surface area is 625 Å². The van der Waals surface area contributed by atoms with Crippen LogP contribution in [0.4, 0.5) is 0 Å². The van der Waals surface area contributed by atoms with E-state index >= 15 is 0 Å². The van der Waals surface area contributed by atoms with Gasteiger partial charge in [-0.1, -0.05) is 442 Å². The van der Waals surface area contributed by atoms with E-state index in [2.05, 4.69) is 225 Å². The number of hydrogen-bond acceptors (Lipinski definition) is 0. The van der Waals surface area contributed by atoms with Crippen LogP contribution in [0.25, 0.3) is 44.5 Å². The molecule has 8 aromatic rings. The van der Waals surface area contributed by atoms with Crippen molar-refractivity contribution in [2.45, 2.75) is 341 Å². The van der Waals surface area contributed by atoms with E-state index in [1.165, 1.54) is 336 Å². The molecule has 3 aliphatic rings. The Bertz CT molecular complexity index is 3770. The SMILES string of the molecule is CCCCCCCCC1(CCCCCCCC)c2cc(C)ccc2-c2ccc(-c3ccc4c(c3)C(CCCCCCCC)(CCCCCCCC)c3cc([Si](c5ccccc5)(c5ccccc5)c5ccc6c(c5)C(CCCCCCCC)(CCCCCCCC)c5cc(C)ccc5-6)ccc3-4)cc21. The molecule has 102 heavy (non-hydrogen) atoms. The Kier molecular flexibility index (Phi) is 29.0. The molecule has 0 saturated carbocycles. The van der Waals surface area contributed by atoms with Crippen molar-refractivity contribution in [2.75, 3.05) is 0 Å². The van der Waals surface area contributed by atoms with E-state index in [0.717, 1.165) is 0 Å². The standard InChI is InChI=1S/C101H136Si/c1-9-15-21-27-33-45-67-99(68-46-34-28-22-16-10-2)93-73-79(7)55-61-87(93)89-63-57-81(75-95(89)99)82-58-64-90-92-66-60-86(78-98(92)101(96(90)76-82,71-49-37-31-25-19-13-5)72-50-38-32-26-20-14-6)102(83-51-41-39-42-52-83,84-53-43-40-44-54-84)85-59-65-91-88-62-56-80(8)74-94(88)100(97(91)77-85,69-47-35-29-23-17-11-3)70-48-36-30-24-18-12-4/h39-44,51-66,73-78H,9-38,45-50,67-72H2,1-8H3. The molecule has 0 aliphatic heterocycles. The van der Waals surface area contributed by atoms with Gasteiger partial charge < -0.3 is 0 Å². The van der Waals surface area contributed by atoms with Gasteiger partial charge in [0.25, 0.3) is 0 Å². The molecule has 0 atom stereocenters. The topological polar surface area (TPSA) is 0 Å². The lowest BCUT2D eigenvalue weighted by Crippen LogP contribution is -2.75. The maximum atomic E-state index is 2.91. The van der Waals surface area contributed by atoms with Gasteiger partial charge >= 0.3 is 0 Å². The minimum Gasteiger partial charge on any atom is -0.0654 e. The summed E-state index contributed by atoms with van der Waals surface area (Å²) >= 11 is 0. The molecule has 0 saturated heterocycles. The van der Waals surface area contributed by atoms with Gasteiger partial charge in [0.1, 0.15) is 0 Å². The van der Waals surface area contributed by atoms with Gasteiger partial charge in [0.2, 0.25) is 0 Å². The summed E-state index contributed by atoms with van der Waals surface area (Å²) in [5.74, 6) is 0. The Hall–Kier alpha value is -6.02. The van der Waals surface area contributed by atoms with Crippen LogP contribution < -0.4 is 20.7 Å². The van der Waals surface area contributed by atoms with Gasteiger partial charge in [-0.25, -0.2) is 0 Å². The van der Waals surface area contributed by atoms with Crippen LogP contribution in [0.1, 0.15) is 356 Å². The predicted octanol–water partition coefficient (Wildman–Crippen LogP) is 28.7. The third-order valence-electron chi connectivity index (χ3n) is 25.7. The van der Waals surface area contributed by atoms with Crippen molar-refractivity contribution in [3.8, 4) is 44.5 Å². The quantitative estimate of drug-likeness (QED) is 0.0203. The van der Waals surface area contributed by atoms with Gasteiger partial charge in [-0.15, -0.1) is 0 Å². The zero-order valence-corrected chi connectivity index (χ0v) is 66.9. The molecule has 0 aromatic heterocycles. The van der Waals surface area contributed by atoms with Crippen LogP contribution in [-0.4, -0.2) is 8.07 Å². The van der Waals surface area contributed by atoms with E-state index in [1.54, 1.807) is 43.8 Å². The van der Waals surface area contributed by atoms with Crippen LogP contribution in [-0.2, 0) is 16.2 Å². The fourth-order valence-corrected chi connectivity index (χ4v) is 24.9. The molecule has 0 fully saturated rings. The average Bonchev–Trinajstić information content (AvgIpc) is 1.37. The summed E-state index contributed by atoms with van der Waals surface area (Å²) in [6.07, 6.45) is 55.0. The highest BCUT2D eigenvalue weighted by Crippen LogP contribution is 2.59. The first-order chi connectivity index (χ1) is 50.2. The van der Waals surface area contributed by atoms with E-state index in [4.69, 9.17) is 0 Å². The molecule has 0 bridgehead atoms. The van der Waals surface area contributed by atoms with Crippen molar-refractivity contribution in [3.63, 3.8) is 0 Å². The molecule has 0 N–H and O–H groups in total. The number of rotatable bonds is 47. The Balaban J connectivity index is 1.09. The van der Waals surface area contributed by atoms with Gasteiger partial charge in [-0.05, 0) is 163 Å². The minimum absolute atomic E-state index is 0.0262. The second-order valence-corrected chi connectivity index (χ2v) is 36.8. The third-order valence-corrected chi connectivity index (χ3v) is 30.5. The summed E-state index contributed by atoms with van der Waals surface area (Å²) in [5, 5.41) is 6.08. The van der Waals surface area contributed by atoms with Crippen molar-refractivity contribution >= 4 is 28.8 Å². The van der Waals surface area contributed by atoms with E-state index in [0.29, 0.717) is 0 Å². The maximum Gasteiger partial charge on any atom is 0.179 e. The molecule has 3 aliphatic carbocycles. The molecule has 11 rings (SSSR count). The van der Waals surface area contributed by atoms with Crippen LogP contribution in [0, 0.1) is 13.8 Å². The van der Waals surface area contributed by atoms with Crippen LogP contribution in [0.5, 0.6) is 0 Å². The summed E-state index contributed by atoms with van der Waals surface area (Å²) in [6.45, 7) is 18.9. The maximum absolute atomic E-state index is 3.10. The summed E-state index contributed by atoms with van der Waals surface area (Å²) in [4.78, 5) is 0. The summed E-state index contributed by atoms with van der Waals surface area (Å²) in [6, 6.07) is 71.7. The van der Waals surface area contributed by atoms with Crippen LogP contribution >= 0.6 is 0 Å². The summed E-state index contributed by atoms with van der Waals surface area (Å²) in [5.41, 5.74) is 24.2. The fraction of sp³-hybridized carbons (Fsp3) is 0.525. The summed E-state index contributed by atoms with van der Waals surface area (Å²) < 4.78 is 0. The van der Waals surface area contributed by atoms with Gasteiger partial charge in [0, 0.05) is 16.2 Å². The van der Waals surface area contributed by atoms with Gasteiger partial charge in [0.15, 0.2) is 8.07 Å². The first-order valence-electron chi connectivity index (χ1n) is 43.1. The predicted molar refractivity (Wildman–Crippen MR) is 452 cm³/mol. The third kappa shape index (κ3) is 17.1. The first kappa shape index (κ1) is 77.1. The Morgan fingerprint density at radius 3 is 0.706 bits per heavy atom.